The first-order valence-electron chi connectivity index (χ1n) is 8.98. The van der Waals surface area contributed by atoms with Crippen molar-refractivity contribution >= 4 is 27.8 Å². The molecular weight excluding hydrogens is 392 g/mol. The van der Waals surface area contributed by atoms with Crippen molar-refractivity contribution in [2.45, 2.75) is 24.8 Å². The van der Waals surface area contributed by atoms with E-state index in [9.17, 15) is 23.1 Å². The van der Waals surface area contributed by atoms with Crippen molar-refractivity contribution < 1.29 is 23.1 Å². The number of aromatic nitrogens is 1. The summed E-state index contributed by atoms with van der Waals surface area (Å²) in [6.45, 7) is 3.32. The van der Waals surface area contributed by atoms with Gasteiger partial charge in [0, 0.05) is 18.0 Å². The predicted octanol–water partition coefficient (Wildman–Crippen LogP) is 3.20. The summed E-state index contributed by atoms with van der Waals surface area (Å²) in [5, 5.41) is 9.83. The number of piperidine rings is 1. The molecule has 8 heteroatoms. The molecule has 1 fully saturated rings. The number of likely N-dealkylation sites (tertiary alicyclic amines) is 1. The molecule has 0 spiro atoms. The van der Waals surface area contributed by atoms with Gasteiger partial charge in [0.1, 0.15) is 0 Å². The molecule has 2 heterocycles. The molecule has 1 aromatic heterocycles. The van der Waals surface area contributed by atoms with E-state index in [0.717, 1.165) is 6.26 Å². The number of pyridine rings is 1. The highest BCUT2D eigenvalue weighted by molar-refractivity contribution is 7.90. The first-order chi connectivity index (χ1) is 13.5. The molecule has 1 aliphatic heterocycles. The molecule has 1 amide bonds. The number of sulfone groups is 1. The van der Waals surface area contributed by atoms with E-state index in [2.05, 4.69) is 4.98 Å². The van der Waals surface area contributed by atoms with Gasteiger partial charge in [-0.25, -0.2) is 13.2 Å². The maximum Gasteiger partial charge on any atom is 0.408 e. The summed E-state index contributed by atoms with van der Waals surface area (Å²) in [4.78, 5) is 30.8. The summed E-state index contributed by atoms with van der Waals surface area (Å²) in [6, 6.07) is 10.6. The summed E-state index contributed by atoms with van der Waals surface area (Å²) in [5.41, 5.74) is 0.451. The Morgan fingerprint density at radius 3 is 2.38 bits per heavy atom. The third-order valence-corrected chi connectivity index (χ3v) is 6.22. The van der Waals surface area contributed by atoms with Gasteiger partial charge in [0.05, 0.1) is 28.6 Å². The zero-order valence-electron chi connectivity index (χ0n) is 16.4. The standard InChI is InChI=1S/C21H22N2O5S/c1-21(2)18(14-7-9-17(10-8-14)29(3,27)28)23(20(25)26)13-15(19(21)24)12-16-6-4-5-11-22-16/h4-12,18H,13H2,1-3H3,(H,25,26). The van der Waals surface area contributed by atoms with Crippen LogP contribution in [0.4, 0.5) is 4.79 Å². The Labute approximate surface area is 169 Å². The van der Waals surface area contributed by atoms with Crippen LogP contribution in [0.2, 0.25) is 0 Å². The normalized spacial score (nSPS) is 20.7. The van der Waals surface area contributed by atoms with Crippen molar-refractivity contribution in [2.75, 3.05) is 12.8 Å². The van der Waals surface area contributed by atoms with Crippen LogP contribution >= 0.6 is 0 Å². The summed E-state index contributed by atoms with van der Waals surface area (Å²) in [6.07, 6.45) is 3.16. The lowest BCUT2D eigenvalue weighted by atomic mass is 9.71. The molecule has 0 radical (unpaired) electrons. The van der Waals surface area contributed by atoms with Gasteiger partial charge in [0.2, 0.25) is 0 Å². The molecule has 3 rings (SSSR count). The van der Waals surface area contributed by atoms with E-state index < -0.39 is 27.4 Å². The highest BCUT2D eigenvalue weighted by atomic mass is 32.2. The molecule has 1 unspecified atom stereocenters. The van der Waals surface area contributed by atoms with Gasteiger partial charge in [0.15, 0.2) is 15.6 Å². The maximum absolute atomic E-state index is 13.2. The number of Topliss-reactive ketones (excluding diaryl/α,β-unsaturated/α-hetero) is 1. The predicted molar refractivity (Wildman–Crippen MR) is 108 cm³/mol. The first kappa shape index (κ1) is 20.7. The van der Waals surface area contributed by atoms with Crippen LogP contribution in [0.25, 0.3) is 6.08 Å². The fourth-order valence-corrected chi connectivity index (χ4v) is 4.33. The second kappa shape index (κ2) is 7.44. The van der Waals surface area contributed by atoms with Gasteiger partial charge in [-0.3, -0.25) is 14.7 Å². The molecule has 0 bridgehead atoms. The number of amides is 1. The summed E-state index contributed by atoms with van der Waals surface area (Å²) in [7, 11) is -3.38. The number of nitrogens with zero attached hydrogens (tertiary/aromatic N) is 2. The Bertz CT molecular complexity index is 1070. The van der Waals surface area contributed by atoms with E-state index in [1.54, 1.807) is 56.5 Å². The Balaban J connectivity index is 2.05. The smallest absolute Gasteiger partial charge is 0.408 e. The van der Waals surface area contributed by atoms with E-state index in [1.165, 1.54) is 17.0 Å². The number of hydrogen-bond donors (Lipinski definition) is 1. The van der Waals surface area contributed by atoms with Crippen LogP contribution in [-0.4, -0.2) is 48.1 Å². The summed E-state index contributed by atoms with van der Waals surface area (Å²) >= 11 is 0. The Hall–Kier alpha value is -3.00. The molecule has 0 saturated carbocycles. The number of carbonyl (C=O) groups is 2. The number of rotatable bonds is 3. The average Bonchev–Trinajstić information content (AvgIpc) is 2.65. The molecular formula is C21H22N2O5S. The van der Waals surface area contributed by atoms with Crippen LogP contribution in [0.15, 0.2) is 59.1 Å². The fourth-order valence-electron chi connectivity index (χ4n) is 3.70. The topological polar surface area (TPSA) is 105 Å². The minimum absolute atomic E-state index is 0.0767. The lowest BCUT2D eigenvalue weighted by Crippen LogP contribution is -2.51. The maximum atomic E-state index is 13.2. The quantitative estimate of drug-likeness (QED) is 0.774. The zero-order valence-corrected chi connectivity index (χ0v) is 17.2. The number of carbonyl (C=O) groups excluding carboxylic acids is 1. The van der Waals surface area contributed by atoms with Crippen LogP contribution < -0.4 is 0 Å². The molecule has 1 saturated heterocycles. The molecule has 1 atom stereocenters. The Morgan fingerprint density at radius 1 is 1.21 bits per heavy atom. The molecule has 1 aliphatic rings. The fraction of sp³-hybridized carbons (Fsp3) is 0.286. The van der Waals surface area contributed by atoms with Gasteiger partial charge < -0.3 is 5.11 Å². The molecule has 7 nitrogen and oxygen atoms in total. The van der Waals surface area contributed by atoms with E-state index in [-0.39, 0.29) is 17.2 Å². The lowest BCUT2D eigenvalue weighted by molar-refractivity contribution is -0.129. The number of ketones is 1. The van der Waals surface area contributed by atoms with Gasteiger partial charge in [0.25, 0.3) is 0 Å². The van der Waals surface area contributed by atoms with Crippen molar-refractivity contribution in [3.8, 4) is 0 Å². The van der Waals surface area contributed by atoms with Crippen molar-refractivity contribution in [1.29, 1.82) is 0 Å². The molecule has 1 N–H and O–H groups in total. The average molecular weight is 414 g/mol. The van der Waals surface area contributed by atoms with Gasteiger partial charge >= 0.3 is 6.09 Å². The highest BCUT2D eigenvalue weighted by Gasteiger charge is 2.48. The Kier molecular flexibility index (Phi) is 5.32. The second-order valence-corrected chi connectivity index (χ2v) is 9.64. The minimum Gasteiger partial charge on any atom is -0.465 e. The Morgan fingerprint density at radius 2 is 1.86 bits per heavy atom. The zero-order chi connectivity index (χ0) is 21.4. The van der Waals surface area contributed by atoms with Crippen LogP contribution in [0, 0.1) is 5.41 Å². The van der Waals surface area contributed by atoms with E-state index in [0.29, 0.717) is 16.8 Å². The second-order valence-electron chi connectivity index (χ2n) is 7.63. The molecule has 1 aromatic carbocycles. The van der Waals surface area contributed by atoms with Crippen molar-refractivity contribution in [2.24, 2.45) is 5.41 Å². The van der Waals surface area contributed by atoms with Crippen LogP contribution in [-0.2, 0) is 14.6 Å². The summed E-state index contributed by atoms with van der Waals surface area (Å²) < 4.78 is 23.4. The monoisotopic (exact) mass is 414 g/mol. The van der Waals surface area contributed by atoms with E-state index in [4.69, 9.17) is 0 Å². The number of hydrogen-bond acceptors (Lipinski definition) is 5. The van der Waals surface area contributed by atoms with Gasteiger partial charge in [-0.1, -0.05) is 32.0 Å². The van der Waals surface area contributed by atoms with Gasteiger partial charge in [-0.2, -0.15) is 0 Å². The van der Waals surface area contributed by atoms with Crippen molar-refractivity contribution in [3.63, 3.8) is 0 Å². The molecule has 152 valence electrons. The molecule has 29 heavy (non-hydrogen) atoms. The van der Waals surface area contributed by atoms with E-state index >= 15 is 0 Å². The number of carboxylic acid groups (broad SMARTS) is 1. The van der Waals surface area contributed by atoms with Crippen molar-refractivity contribution in [3.05, 3.63) is 65.5 Å². The lowest BCUT2D eigenvalue weighted by Gasteiger charge is -2.45. The van der Waals surface area contributed by atoms with E-state index in [1.807, 2.05) is 0 Å². The van der Waals surface area contributed by atoms with Gasteiger partial charge in [-0.05, 0) is 35.9 Å². The van der Waals surface area contributed by atoms with Crippen LogP contribution in [0.5, 0.6) is 0 Å². The number of benzene rings is 1. The van der Waals surface area contributed by atoms with Crippen LogP contribution in [0.1, 0.15) is 31.1 Å². The van der Waals surface area contributed by atoms with Crippen molar-refractivity contribution in [1.82, 2.24) is 9.88 Å². The third kappa shape index (κ3) is 4.07. The SMILES string of the molecule is CC1(C)C(=O)C(=Cc2ccccn2)CN(C(=O)O)C1c1ccc(S(C)(=O)=O)cc1. The first-order valence-corrected chi connectivity index (χ1v) is 10.9. The summed E-state index contributed by atoms with van der Waals surface area (Å²) in [5.74, 6) is -0.169. The highest BCUT2D eigenvalue weighted by Crippen LogP contribution is 2.45. The third-order valence-electron chi connectivity index (χ3n) is 5.09. The van der Waals surface area contributed by atoms with Crippen LogP contribution in [0.3, 0.4) is 0 Å². The molecule has 0 aliphatic carbocycles. The van der Waals surface area contributed by atoms with Gasteiger partial charge in [-0.15, -0.1) is 0 Å². The largest absolute Gasteiger partial charge is 0.465 e. The molecule has 2 aromatic rings. The minimum atomic E-state index is -3.38.